The number of rotatable bonds is 7. The first-order valence-electron chi connectivity index (χ1n) is 8.33. The van der Waals surface area contributed by atoms with E-state index in [0.29, 0.717) is 17.3 Å². The minimum atomic E-state index is -3.83. The molecular weight excluding hydrogens is 380 g/mol. The van der Waals surface area contributed by atoms with Crippen LogP contribution in [0.5, 0.6) is 17.5 Å². The van der Waals surface area contributed by atoms with Gasteiger partial charge in [-0.2, -0.15) is 4.98 Å². The van der Waals surface area contributed by atoms with Gasteiger partial charge in [-0.05, 0) is 36.4 Å². The van der Waals surface area contributed by atoms with Gasteiger partial charge in [-0.3, -0.25) is 4.72 Å². The van der Waals surface area contributed by atoms with Crippen molar-refractivity contribution in [2.24, 2.45) is 0 Å². The second-order valence-corrected chi connectivity index (χ2v) is 7.66. The first-order valence-corrected chi connectivity index (χ1v) is 9.81. The number of nitrogens with zero attached hydrogens (tertiary/aromatic N) is 3. The van der Waals surface area contributed by atoms with E-state index in [9.17, 15) is 8.42 Å². The number of benzene rings is 2. The molecule has 0 aliphatic heterocycles. The van der Waals surface area contributed by atoms with Crippen molar-refractivity contribution in [2.75, 3.05) is 30.8 Å². The first kappa shape index (κ1) is 19.4. The molecule has 0 atom stereocenters. The van der Waals surface area contributed by atoms with Gasteiger partial charge in [-0.1, -0.05) is 18.2 Å². The Hall–Kier alpha value is -3.33. The Balaban J connectivity index is 1.81. The highest BCUT2D eigenvalue weighted by Crippen LogP contribution is 2.27. The lowest BCUT2D eigenvalue weighted by atomic mass is 10.3. The van der Waals surface area contributed by atoms with Gasteiger partial charge in [0.25, 0.3) is 10.0 Å². The maximum Gasteiger partial charge on any atom is 0.318 e. The average Bonchev–Trinajstić information content (AvgIpc) is 2.69. The van der Waals surface area contributed by atoms with E-state index in [1.165, 1.54) is 25.4 Å². The van der Waals surface area contributed by atoms with Crippen molar-refractivity contribution in [1.29, 1.82) is 0 Å². The third kappa shape index (κ3) is 4.49. The summed E-state index contributed by atoms with van der Waals surface area (Å²) < 4.78 is 38.7. The lowest BCUT2D eigenvalue weighted by Gasteiger charge is -2.17. The highest BCUT2D eigenvalue weighted by molar-refractivity contribution is 7.92. The van der Waals surface area contributed by atoms with Gasteiger partial charge in [-0.25, -0.2) is 13.4 Å². The van der Waals surface area contributed by atoms with Crippen LogP contribution in [-0.2, 0) is 10.0 Å². The number of sulfonamides is 1. The molecule has 3 rings (SSSR count). The van der Waals surface area contributed by atoms with E-state index in [0.717, 1.165) is 0 Å². The molecule has 2 aromatic carbocycles. The zero-order valence-corrected chi connectivity index (χ0v) is 16.5. The van der Waals surface area contributed by atoms with Crippen LogP contribution >= 0.6 is 0 Å². The van der Waals surface area contributed by atoms with Crippen LogP contribution in [0.4, 0.5) is 11.5 Å². The van der Waals surface area contributed by atoms with E-state index in [4.69, 9.17) is 9.47 Å². The molecule has 0 amide bonds. The smallest absolute Gasteiger partial charge is 0.318 e. The zero-order chi connectivity index (χ0) is 20.1. The number of aromatic nitrogens is 2. The van der Waals surface area contributed by atoms with Gasteiger partial charge >= 0.3 is 6.01 Å². The van der Waals surface area contributed by atoms with Crippen LogP contribution in [0.2, 0.25) is 0 Å². The highest BCUT2D eigenvalue weighted by Gasteiger charge is 2.19. The number of hydrogen-bond acceptors (Lipinski definition) is 7. The van der Waals surface area contributed by atoms with Crippen molar-refractivity contribution in [3.63, 3.8) is 0 Å². The summed E-state index contributed by atoms with van der Waals surface area (Å²) in [5, 5.41) is 0. The van der Waals surface area contributed by atoms with E-state index in [1.807, 2.05) is 30.3 Å². The van der Waals surface area contributed by atoms with E-state index in [2.05, 4.69) is 14.7 Å². The molecule has 9 heteroatoms. The topological polar surface area (TPSA) is 93.6 Å². The largest absolute Gasteiger partial charge is 0.467 e. The number of methoxy groups -OCH3 is 1. The third-order valence-electron chi connectivity index (χ3n) is 3.71. The predicted molar refractivity (Wildman–Crippen MR) is 107 cm³/mol. The number of anilines is 2. The van der Waals surface area contributed by atoms with Crippen LogP contribution in [0.15, 0.2) is 65.7 Å². The minimum absolute atomic E-state index is 0.0911. The molecule has 1 heterocycles. The molecule has 8 nitrogen and oxygen atoms in total. The monoisotopic (exact) mass is 400 g/mol. The van der Waals surface area contributed by atoms with Crippen LogP contribution in [0, 0.1) is 0 Å². The SMILES string of the molecule is COc1ncc(NS(=O)(=O)c2ccc(Oc3ccccc3)cc2)c(N(C)C)n1. The molecule has 0 radical (unpaired) electrons. The Morgan fingerprint density at radius 2 is 1.61 bits per heavy atom. The molecule has 3 aromatic rings. The molecule has 0 saturated heterocycles. The predicted octanol–water partition coefficient (Wildman–Crippen LogP) is 3.14. The summed E-state index contributed by atoms with van der Waals surface area (Å²) in [6.45, 7) is 0. The number of hydrogen-bond donors (Lipinski definition) is 1. The van der Waals surface area contributed by atoms with Crippen molar-refractivity contribution >= 4 is 21.5 Å². The van der Waals surface area contributed by atoms with Crippen LogP contribution < -0.4 is 19.1 Å². The molecule has 0 saturated carbocycles. The fourth-order valence-corrected chi connectivity index (χ4v) is 3.43. The van der Waals surface area contributed by atoms with Gasteiger partial charge in [0.2, 0.25) is 0 Å². The lowest BCUT2D eigenvalue weighted by Crippen LogP contribution is -2.19. The number of ether oxygens (including phenoxy) is 2. The molecule has 28 heavy (non-hydrogen) atoms. The minimum Gasteiger partial charge on any atom is -0.467 e. The summed E-state index contributed by atoms with van der Waals surface area (Å²) in [6.07, 6.45) is 1.37. The Morgan fingerprint density at radius 1 is 0.964 bits per heavy atom. The van der Waals surface area contributed by atoms with Crippen LogP contribution in [0.3, 0.4) is 0 Å². The maximum atomic E-state index is 12.7. The Morgan fingerprint density at radius 3 is 2.21 bits per heavy atom. The maximum absolute atomic E-state index is 12.7. The van der Waals surface area contributed by atoms with Gasteiger partial charge in [0.15, 0.2) is 5.82 Å². The van der Waals surface area contributed by atoms with Crippen molar-refractivity contribution in [3.05, 3.63) is 60.8 Å². The zero-order valence-electron chi connectivity index (χ0n) is 15.7. The molecular formula is C19H20N4O4S. The number of nitrogens with one attached hydrogen (secondary N) is 1. The summed E-state index contributed by atoms with van der Waals surface area (Å²) in [4.78, 5) is 9.90. The Kier molecular flexibility index (Phi) is 5.65. The van der Waals surface area contributed by atoms with Crippen LogP contribution in [0.1, 0.15) is 0 Å². The fraction of sp³-hybridized carbons (Fsp3) is 0.158. The van der Waals surface area contributed by atoms with Crippen molar-refractivity contribution < 1.29 is 17.9 Å². The van der Waals surface area contributed by atoms with Crippen molar-refractivity contribution in [3.8, 4) is 17.5 Å². The van der Waals surface area contributed by atoms with Crippen molar-refractivity contribution in [1.82, 2.24) is 9.97 Å². The van der Waals surface area contributed by atoms with E-state index < -0.39 is 10.0 Å². The van der Waals surface area contributed by atoms with E-state index >= 15 is 0 Å². The van der Waals surface area contributed by atoms with Gasteiger partial charge in [0.05, 0.1) is 18.2 Å². The summed E-state index contributed by atoms with van der Waals surface area (Å²) >= 11 is 0. The Bertz CT molecular complexity index is 1040. The van der Waals surface area contributed by atoms with E-state index in [-0.39, 0.29) is 16.6 Å². The quantitative estimate of drug-likeness (QED) is 0.651. The molecule has 146 valence electrons. The highest BCUT2D eigenvalue weighted by atomic mass is 32.2. The summed E-state index contributed by atoms with van der Waals surface area (Å²) in [7, 11) is 1.10. The standard InChI is InChI=1S/C19H20N4O4S/c1-23(2)18-17(13-20-19(21-18)26-3)22-28(24,25)16-11-9-15(10-12-16)27-14-7-5-4-6-8-14/h4-13,22H,1-3H3. The molecule has 0 aliphatic rings. The van der Waals surface area contributed by atoms with E-state index in [1.54, 1.807) is 31.1 Å². The average molecular weight is 400 g/mol. The first-order chi connectivity index (χ1) is 13.4. The molecule has 0 spiro atoms. The molecule has 1 aromatic heterocycles. The van der Waals surface area contributed by atoms with Crippen LogP contribution in [-0.4, -0.2) is 39.6 Å². The Labute approximate surface area is 163 Å². The summed E-state index contributed by atoms with van der Waals surface area (Å²) in [5.41, 5.74) is 0.246. The second kappa shape index (κ2) is 8.13. The molecule has 0 fully saturated rings. The van der Waals surface area contributed by atoms with Crippen LogP contribution in [0.25, 0.3) is 0 Å². The van der Waals surface area contributed by atoms with Gasteiger partial charge in [-0.15, -0.1) is 0 Å². The van der Waals surface area contributed by atoms with Gasteiger partial charge in [0.1, 0.15) is 17.2 Å². The molecule has 0 unspecified atom stereocenters. The van der Waals surface area contributed by atoms with Crippen molar-refractivity contribution in [2.45, 2.75) is 4.90 Å². The van der Waals surface area contributed by atoms with Gasteiger partial charge in [0, 0.05) is 14.1 Å². The third-order valence-corrected chi connectivity index (χ3v) is 5.09. The normalized spacial score (nSPS) is 11.0. The van der Waals surface area contributed by atoms with Gasteiger partial charge < -0.3 is 14.4 Å². The summed E-state index contributed by atoms with van der Waals surface area (Å²) in [6, 6.07) is 15.5. The molecule has 0 aliphatic carbocycles. The number of para-hydroxylation sites is 1. The molecule has 1 N–H and O–H groups in total. The summed E-state index contributed by atoms with van der Waals surface area (Å²) in [5.74, 6) is 1.59. The second-order valence-electron chi connectivity index (χ2n) is 5.98. The fourth-order valence-electron chi connectivity index (χ4n) is 2.38. The lowest BCUT2D eigenvalue weighted by molar-refractivity contribution is 0.380. The molecule has 0 bridgehead atoms.